The van der Waals surface area contributed by atoms with Crippen LogP contribution in [0.4, 0.5) is 11.6 Å². The lowest BCUT2D eigenvalue weighted by atomic mass is 9.83. The molecule has 5 rings (SSSR count). The largest absolute Gasteiger partial charge is 0.360 e. The van der Waals surface area contributed by atoms with Crippen LogP contribution < -0.4 is 9.80 Å². The lowest BCUT2D eigenvalue weighted by Crippen LogP contribution is -2.61. The van der Waals surface area contributed by atoms with E-state index in [4.69, 9.17) is 0 Å². The minimum atomic E-state index is 0.787. The first-order valence-corrected chi connectivity index (χ1v) is 8.92. The van der Waals surface area contributed by atoms with E-state index in [-0.39, 0.29) is 0 Å². The monoisotopic (exact) mass is 316 g/mol. The summed E-state index contributed by atoms with van der Waals surface area (Å²) in [7, 11) is 4.08. The first-order valence-electron chi connectivity index (χ1n) is 8.92. The molecule has 4 aliphatic heterocycles. The summed E-state index contributed by atoms with van der Waals surface area (Å²) in [4.78, 5) is 18.9. The van der Waals surface area contributed by atoms with Crippen LogP contribution in [0.2, 0.25) is 0 Å². The van der Waals surface area contributed by atoms with E-state index in [0.717, 1.165) is 49.8 Å². The summed E-state index contributed by atoms with van der Waals surface area (Å²) in [5.41, 5.74) is 0. The fourth-order valence-corrected chi connectivity index (χ4v) is 4.47. The summed E-state index contributed by atoms with van der Waals surface area (Å²) in [6.45, 7) is 8.36. The van der Waals surface area contributed by atoms with E-state index >= 15 is 0 Å². The number of hydrogen-bond acceptors (Lipinski definition) is 6. The molecule has 4 saturated heterocycles. The van der Waals surface area contributed by atoms with Crippen molar-refractivity contribution >= 4 is 11.6 Å². The first kappa shape index (κ1) is 15.1. The van der Waals surface area contributed by atoms with Gasteiger partial charge in [-0.2, -0.15) is 0 Å². The summed E-state index contributed by atoms with van der Waals surface area (Å²) in [6, 6.07) is 0.787. The van der Waals surface area contributed by atoms with Gasteiger partial charge in [0.1, 0.15) is 0 Å². The average molecular weight is 316 g/mol. The number of hydrogen-bond donors (Lipinski definition) is 0. The Kier molecular flexibility index (Phi) is 4.11. The van der Waals surface area contributed by atoms with Gasteiger partial charge in [0.05, 0.1) is 0 Å². The standard InChI is InChI=1S/C17H28N6/c1-20(2)16-17(19-6-5-18-16)23-11-9-22(10-12-23)15-13-21-7-3-14(15)4-8-21/h5-6,14-15H,3-4,7-13H2,1-2H3. The Labute approximate surface area is 139 Å². The van der Waals surface area contributed by atoms with E-state index in [1.165, 1.54) is 32.5 Å². The van der Waals surface area contributed by atoms with Gasteiger partial charge in [0.2, 0.25) is 0 Å². The fourth-order valence-electron chi connectivity index (χ4n) is 4.47. The quantitative estimate of drug-likeness (QED) is 0.820. The topological polar surface area (TPSA) is 38.7 Å². The molecule has 126 valence electrons. The van der Waals surface area contributed by atoms with Crippen LogP contribution in [0.3, 0.4) is 0 Å². The van der Waals surface area contributed by atoms with Crippen LogP contribution in [-0.2, 0) is 0 Å². The van der Waals surface area contributed by atoms with Crippen LogP contribution in [0.1, 0.15) is 12.8 Å². The van der Waals surface area contributed by atoms with Gasteiger partial charge in [0.15, 0.2) is 11.6 Å². The smallest absolute Gasteiger partial charge is 0.172 e. The predicted octanol–water partition coefficient (Wildman–Crippen LogP) is 0.759. The normalized spacial score (nSPS) is 31.4. The lowest BCUT2D eigenvalue weighted by Gasteiger charge is -2.51. The molecular weight excluding hydrogens is 288 g/mol. The molecule has 23 heavy (non-hydrogen) atoms. The van der Waals surface area contributed by atoms with Crippen molar-refractivity contribution in [1.29, 1.82) is 0 Å². The molecule has 4 aliphatic rings. The molecule has 1 aromatic rings. The number of anilines is 2. The second-order valence-corrected chi connectivity index (χ2v) is 7.33. The van der Waals surface area contributed by atoms with Gasteiger partial charge >= 0.3 is 0 Å². The van der Waals surface area contributed by atoms with Crippen molar-refractivity contribution < 1.29 is 0 Å². The van der Waals surface area contributed by atoms with Crippen LogP contribution >= 0.6 is 0 Å². The molecule has 4 fully saturated rings. The van der Waals surface area contributed by atoms with Crippen molar-refractivity contribution in [3.05, 3.63) is 12.4 Å². The van der Waals surface area contributed by atoms with E-state index in [0.29, 0.717) is 0 Å². The zero-order valence-electron chi connectivity index (χ0n) is 14.4. The highest BCUT2D eigenvalue weighted by Gasteiger charge is 2.38. The van der Waals surface area contributed by atoms with E-state index in [9.17, 15) is 0 Å². The van der Waals surface area contributed by atoms with Crippen LogP contribution in [0.15, 0.2) is 12.4 Å². The minimum Gasteiger partial charge on any atom is -0.360 e. The number of nitrogens with zero attached hydrogens (tertiary/aromatic N) is 6. The summed E-state index contributed by atoms with van der Waals surface area (Å²) in [5, 5.41) is 0. The van der Waals surface area contributed by atoms with Crippen LogP contribution in [0.25, 0.3) is 0 Å². The second-order valence-electron chi connectivity index (χ2n) is 7.33. The van der Waals surface area contributed by atoms with Crippen molar-refractivity contribution in [1.82, 2.24) is 19.8 Å². The second kappa shape index (κ2) is 6.24. The number of aromatic nitrogens is 2. The molecule has 0 saturated carbocycles. The molecule has 1 atom stereocenters. The van der Waals surface area contributed by atoms with Gasteiger partial charge in [-0.3, -0.25) is 4.90 Å². The number of piperidine rings is 3. The Balaban J connectivity index is 1.42. The minimum absolute atomic E-state index is 0.787. The molecule has 0 aromatic carbocycles. The summed E-state index contributed by atoms with van der Waals surface area (Å²) in [5.74, 6) is 2.94. The van der Waals surface area contributed by atoms with Gasteiger partial charge < -0.3 is 14.7 Å². The molecule has 5 heterocycles. The molecule has 0 N–H and O–H groups in total. The zero-order chi connectivity index (χ0) is 15.8. The third-order valence-electron chi connectivity index (χ3n) is 5.79. The maximum Gasteiger partial charge on any atom is 0.172 e. The lowest BCUT2D eigenvalue weighted by molar-refractivity contribution is 0.00306. The summed E-state index contributed by atoms with van der Waals surface area (Å²) >= 11 is 0. The van der Waals surface area contributed by atoms with Crippen LogP contribution in [-0.4, -0.2) is 85.7 Å². The van der Waals surface area contributed by atoms with E-state index < -0.39 is 0 Å². The molecule has 2 bridgehead atoms. The molecule has 6 nitrogen and oxygen atoms in total. The maximum atomic E-state index is 4.59. The molecule has 6 heteroatoms. The van der Waals surface area contributed by atoms with E-state index in [2.05, 4.69) is 29.6 Å². The highest BCUT2D eigenvalue weighted by atomic mass is 15.3. The highest BCUT2D eigenvalue weighted by Crippen LogP contribution is 2.32. The molecule has 0 spiro atoms. The van der Waals surface area contributed by atoms with Crippen molar-refractivity contribution in [3.63, 3.8) is 0 Å². The average Bonchev–Trinajstić information content (AvgIpc) is 2.63. The van der Waals surface area contributed by atoms with Crippen molar-refractivity contribution in [2.24, 2.45) is 5.92 Å². The van der Waals surface area contributed by atoms with Gasteiger partial charge in [0.25, 0.3) is 0 Å². The molecular formula is C17H28N6. The Hall–Kier alpha value is -1.40. The maximum absolute atomic E-state index is 4.59. The fraction of sp³-hybridized carbons (Fsp3) is 0.765. The molecule has 0 radical (unpaired) electrons. The zero-order valence-corrected chi connectivity index (χ0v) is 14.4. The van der Waals surface area contributed by atoms with Crippen molar-refractivity contribution in [2.45, 2.75) is 18.9 Å². The first-order chi connectivity index (χ1) is 11.2. The predicted molar refractivity (Wildman–Crippen MR) is 93.1 cm³/mol. The Morgan fingerprint density at radius 1 is 0.957 bits per heavy atom. The molecule has 1 unspecified atom stereocenters. The Morgan fingerprint density at radius 3 is 2.26 bits per heavy atom. The van der Waals surface area contributed by atoms with Gasteiger partial charge in [-0.1, -0.05) is 0 Å². The highest BCUT2D eigenvalue weighted by molar-refractivity contribution is 5.61. The summed E-state index contributed by atoms with van der Waals surface area (Å²) in [6.07, 6.45) is 6.39. The molecule has 1 aromatic heterocycles. The number of fused-ring (bicyclic) bond motifs is 3. The van der Waals surface area contributed by atoms with Gasteiger partial charge in [-0.05, 0) is 31.8 Å². The van der Waals surface area contributed by atoms with Gasteiger partial charge in [-0.15, -0.1) is 0 Å². The van der Waals surface area contributed by atoms with Crippen molar-refractivity contribution in [2.75, 3.05) is 69.7 Å². The van der Waals surface area contributed by atoms with Gasteiger partial charge in [-0.25, -0.2) is 9.97 Å². The summed E-state index contributed by atoms with van der Waals surface area (Å²) < 4.78 is 0. The third kappa shape index (κ3) is 2.90. The molecule has 0 aliphatic carbocycles. The van der Waals surface area contributed by atoms with Crippen molar-refractivity contribution in [3.8, 4) is 0 Å². The number of rotatable bonds is 3. The van der Waals surface area contributed by atoms with E-state index in [1.54, 1.807) is 6.20 Å². The van der Waals surface area contributed by atoms with Crippen LogP contribution in [0.5, 0.6) is 0 Å². The van der Waals surface area contributed by atoms with E-state index in [1.807, 2.05) is 20.3 Å². The number of piperazine rings is 1. The Bertz CT molecular complexity index is 532. The van der Waals surface area contributed by atoms with Crippen LogP contribution in [0, 0.1) is 5.92 Å². The third-order valence-corrected chi connectivity index (χ3v) is 5.79. The SMILES string of the molecule is CN(C)c1nccnc1N1CCN(C2CN3CCC2CC3)CC1. The molecule has 0 amide bonds. The van der Waals surface area contributed by atoms with Gasteiger partial charge in [0, 0.05) is 65.3 Å². The Morgan fingerprint density at radius 2 is 1.65 bits per heavy atom.